The summed E-state index contributed by atoms with van der Waals surface area (Å²) in [6.45, 7) is 10.5. The van der Waals surface area contributed by atoms with Gasteiger partial charge in [0.25, 0.3) is 0 Å². The second-order valence-electron chi connectivity index (χ2n) is 7.29. The number of ether oxygens (including phenoxy) is 1. The molecule has 0 saturated heterocycles. The topological polar surface area (TPSA) is 38.5 Å². The monoisotopic (exact) mass is 290 g/mol. The molecule has 0 spiro atoms. The van der Waals surface area contributed by atoms with Crippen LogP contribution in [0.1, 0.15) is 51.3 Å². The fourth-order valence-electron chi connectivity index (χ4n) is 3.06. The van der Waals surface area contributed by atoms with Crippen molar-refractivity contribution in [3.05, 3.63) is 29.3 Å². The Morgan fingerprint density at radius 2 is 2.05 bits per heavy atom. The lowest BCUT2D eigenvalue weighted by atomic mass is 9.97. The molecule has 0 fully saturated rings. The third-order valence-electron chi connectivity index (χ3n) is 4.30. The van der Waals surface area contributed by atoms with Crippen LogP contribution < -0.4 is 10.5 Å². The summed E-state index contributed by atoms with van der Waals surface area (Å²) in [6, 6.07) is 6.71. The predicted molar refractivity (Wildman–Crippen MR) is 88.7 cm³/mol. The van der Waals surface area contributed by atoms with Gasteiger partial charge in [0.15, 0.2) is 0 Å². The van der Waals surface area contributed by atoms with Crippen LogP contribution in [0.25, 0.3) is 0 Å². The molecule has 21 heavy (non-hydrogen) atoms. The lowest BCUT2D eigenvalue weighted by Crippen LogP contribution is -2.32. The second kappa shape index (κ2) is 6.37. The van der Waals surface area contributed by atoms with Crippen molar-refractivity contribution < 1.29 is 4.74 Å². The van der Waals surface area contributed by atoms with E-state index in [0.29, 0.717) is 12.5 Å². The largest absolute Gasteiger partial charge is 0.487 e. The van der Waals surface area contributed by atoms with Gasteiger partial charge in [0, 0.05) is 18.5 Å². The Hall–Kier alpha value is -1.06. The van der Waals surface area contributed by atoms with Gasteiger partial charge in [-0.15, -0.1) is 0 Å². The van der Waals surface area contributed by atoms with Crippen LogP contribution in [0.5, 0.6) is 5.75 Å². The van der Waals surface area contributed by atoms with Crippen LogP contribution in [0, 0.1) is 5.92 Å². The molecule has 0 bridgehead atoms. The Bertz CT molecular complexity index is 482. The van der Waals surface area contributed by atoms with Gasteiger partial charge in [-0.2, -0.15) is 0 Å². The van der Waals surface area contributed by atoms with Gasteiger partial charge < -0.3 is 10.5 Å². The van der Waals surface area contributed by atoms with E-state index in [1.54, 1.807) is 0 Å². The van der Waals surface area contributed by atoms with E-state index in [2.05, 4.69) is 57.8 Å². The minimum atomic E-state index is -0.103. The molecule has 118 valence electrons. The van der Waals surface area contributed by atoms with E-state index in [1.807, 2.05) is 0 Å². The summed E-state index contributed by atoms with van der Waals surface area (Å²) in [5.74, 6) is 1.77. The zero-order valence-corrected chi connectivity index (χ0v) is 14.1. The minimum Gasteiger partial charge on any atom is -0.487 e. The van der Waals surface area contributed by atoms with Crippen molar-refractivity contribution in [3.8, 4) is 5.75 Å². The third-order valence-corrected chi connectivity index (χ3v) is 4.30. The summed E-state index contributed by atoms with van der Waals surface area (Å²) >= 11 is 0. The van der Waals surface area contributed by atoms with Gasteiger partial charge in [0.1, 0.15) is 11.4 Å². The zero-order chi connectivity index (χ0) is 15.6. The number of benzene rings is 1. The van der Waals surface area contributed by atoms with Gasteiger partial charge in [0.2, 0.25) is 0 Å². The Morgan fingerprint density at radius 3 is 2.67 bits per heavy atom. The maximum Gasteiger partial charge on any atom is 0.128 e. The molecule has 1 aliphatic heterocycles. The van der Waals surface area contributed by atoms with Gasteiger partial charge in [-0.25, -0.2) is 0 Å². The lowest BCUT2D eigenvalue weighted by molar-refractivity contribution is 0.133. The Balaban J connectivity index is 2.22. The van der Waals surface area contributed by atoms with Crippen molar-refractivity contribution in [2.24, 2.45) is 11.7 Å². The van der Waals surface area contributed by atoms with Gasteiger partial charge in [0.05, 0.1) is 6.04 Å². The van der Waals surface area contributed by atoms with Crippen LogP contribution in [-0.2, 0) is 6.42 Å². The fourth-order valence-corrected chi connectivity index (χ4v) is 3.06. The van der Waals surface area contributed by atoms with Crippen molar-refractivity contribution in [1.29, 1.82) is 0 Å². The third kappa shape index (κ3) is 3.78. The first kappa shape index (κ1) is 16.3. The minimum absolute atomic E-state index is 0.103. The summed E-state index contributed by atoms with van der Waals surface area (Å²) in [5, 5.41) is 0. The van der Waals surface area contributed by atoms with Crippen molar-refractivity contribution in [2.75, 3.05) is 20.1 Å². The molecule has 2 N–H and O–H groups in total. The van der Waals surface area contributed by atoms with E-state index in [1.165, 1.54) is 17.5 Å². The number of nitrogens with zero attached hydrogens (tertiary/aromatic N) is 1. The number of hydrogen-bond acceptors (Lipinski definition) is 3. The van der Waals surface area contributed by atoms with Crippen LogP contribution in [0.4, 0.5) is 0 Å². The van der Waals surface area contributed by atoms with Gasteiger partial charge in [-0.05, 0) is 45.3 Å². The zero-order valence-electron chi connectivity index (χ0n) is 14.1. The first-order chi connectivity index (χ1) is 9.84. The number of fused-ring (bicyclic) bond motifs is 1. The number of likely N-dealkylation sites (N-methyl/N-ethyl adjacent to an activating group) is 1. The lowest BCUT2D eigenvalue weighted by Gasteiger charge is -2.29. The molecular formula is C18H30N2O. The van der Waals surface area contributed by atoms with Crippen molar-refractivity contribution >= 4 is 0 Å². The van der Waals surface area contributed by atoms with E-state index >= 15 is 0 Å². The molecule has 1 unspecified atom stereocenters. The molecule has 0 aromatic heterocycles. The van der Waals surface area contributed by atoms with Crippen LogP contribution in [-0.4, -0.2) is 30.6 Å². The van der Waals surface area contributed by atoms with Crippen molar-refractivity contribution in [1.82, 2.24) is 4.90 Å². The SMILES string of the molecule is CC(C)CCN(C)C(CN)c1cccc2c1OC(C)(C)C2. The molecule has 0 amide bonds. The Morgan fingerprint density at radius 1 is 1.33 bits per heavy atom. The Labute approximate surface area is 129 Å². The molecule has 3 nitrogen and oxygen atoms in total. The number of para-hydroxylation sites is 1. The summed E-state index contributed by atoms with van der Waals surface area (Å²) in [6.07, 6.45) is 2.16. The second-order valence-corrected chi connectivity index (χ2v) is 7.29. The number of nitrogens with two attached hydrogens (primary N) is 1. The average Bonchev–Trinajstić information content (AvgIpc) is 2.72. The normalized spacial score (nSPS) is 17.9. The standard InChI is InChI=1S/C18H30N2O/c1-13(2)9-10-20(5)16(12-19)15-8-6-7-14-11-18(3,4)21-17(14)15/h6-8,13,16H,9-12,19H2,1-5H3. The summed E-state index contributed by atoms with van der Waals surface area (Å²) in [7, 11) is 2.17. The van der Waals surface area contributed by atoms with E-state index in [9.17, 15) is 0 Å². The molecule has 2 rings (SSSR count). The highest BCUT2D eigenvalue weighted by Gasteiger charge is 2.33. The first-order valence-corrected chi connectivity index (χ1v) is 8.05. The van der Waals surface area contributed by atoms with Gasteiger partial charge >= 0.3 is 0 Å². The summed E-state index contributed by atoms with van der Waals surface area (Å²) in [5.41, 5.74) is 8.53. The molecule has 0 radical (unpaired) electrons. The van der Waals surface area contributed by atoms with E-state index in [0.717, 1.165) is 18.7 Å². The smallest absolute Gasteiger partial charge is 0.128 e. The molecule has 1 atom stereocenters. The van der Waals surface area contributed by atoms with E-state index < -0.39 is 0 Å². The van der Waals surface area contributed by atoms with Crippen LogP contribution >= 0.6 is 0 Å². The molecule has 1 aliphatic rings. The molecule has 0 saturated carbocycles. The maximum absolute atomic E-state index is 6.20. The molecule has 3 heteroatoms. The molecule has 1 heterocycles. The van der Waals surface area contributed by atoms with E-state index in [4.69, 9.17) is 10.5 Å². The van der Waals surface area contributed by atoms with E-state index in [-0.39, 0.29) is 11.6 Å². The van der Waals surface area contributed by atoms with Crippen LogP contribution in [0.3, 0.4) is 0 Å². The molecule has 1 aromatic carbocycles. The van der Waals surface area contributed by atoms with Crippen LogP contribution in [0.15, 0.2) is 18.2 Å². The predicted octanol–water partition coefficient (Wildman–Crippen LogP) is 3.38. The molecular weight excluding hydrogens is 260 g/mol. The van der Waals surface area contributed by atoms with Crippen molar-refractivity contribution in [3.63, 3.8) is 0 Å². The maximum atomic E-state index is 6.20. The van der Waals surface area contributed by atoms with Crippen LogP contribution in [0.2, 0.25) is 0 Å². The number of rotatable bonds is 6. The van der Waals surface area contributed by atoms with Crippen molar-refractivity contribution in [2.45, 2.75) is 52.2 Å². The Kier molecular flexibility index (Phi) is 4.95. The summed E-state index contributed by atoms with van der Waals surface area (Å²) < 4.78 is 6.20. The quantitative estimate of drug-likeness (QED) is 0.873. The highest BCUT2D eigenvalue weighted by atomic mass is 16.5. The summed E-state index contributed by atoms with van der Waals surface area (Å²) in [4.78, 5) is 2.37. The highest BCUT2D eigenvalue weighted by molar-refractivity contribution is 5.47. The fraction of sp³-hybridized carbons (Fsp3) is 0.667. The highest BCUT2D eigenvalue weighted by Crippen LogP contribution is 2.40. The molecule has 0 aliphatic carbocycles. The number of hydrogen-bond donors (Lipinski definition) is 1. The van der Waals surface area contributed by atoms with Gasteiger partial charge in [-0.1, -0.05) is 32.0 Å². The van der Waals surface area contributed by atoms with Gasteiger partial charge in [-0.3, -0.25) is 4.90 Å². The first-order valence-electron chi connectivity index (χ1n) is 8.05. The molecule has 1 aromatic rings. The average molecular weight is 290 g/mol.